The summed E-state index contributed by atoms with van der Waals surface area (Å²) < 4.78 is 7.72. The van der Waals surface area contributed by atoms with Gasteiger partial charge in [-0.1, -0.05) is 42.5 Å². The zero-order valence-electron chi connectivity index (χ0n) is 15.5. The maximum Gasteiger partial charge on any atom is 0.155 e. The van der Waals surface area contributed by atoms with Gasteiger partial charge in [-0.2, -0.15) is 5.10 Å². The number of benzene rings is 2. The number of fused-ring (bicyclic) bond motifs is 2. The molecular weight excluding hydrogens is 336 g/mol. The predicted octanol–water partition coefficient (Wildman–Crippen LogP) is 2.86. The van der Waals surface area contributed by atoms with Crippen molar-refractivity contribution in [1.29, 1.82) is 0 Å². The summed E-state index contributed by atoms with van der Waals surface area (Å²) >= 11 is 0. The number of ether oxygens (including phenoxy) is 1. The topological polar surface area (TPSA) is 43.2 Å². The molecule has 1 aromatic heterocycles. The highest BCUT2D eigenvalue weighted by Gasteiger charge is 2.19. The van der Waals surface area contributed by atoms with Crippen LogP contribution in [-0.4, -0.2) is 39.4 Å². The second kappa shape index (κ2) is 7.16. The van der Waals surface area contributed by atoms with E-state index < -0.39 is 0 Å². The second-order valence-electron chi connectivity index (χ2n) is 7.40. The van der Waals surface area contributed by atoms with Gasteiger partial charge < -0.3 is 4.74 Å². The van der Waals surface area contributed by atoms with E-state index >= 15 is 0 Å². The fraction of sp³-hybridized carbons (Fsp3) is 0.364. The first-order valence-corrected chi connectivity index (χ1v) is 9.77. The molecule has 0 aliphatic carbocycles. The summed E-state index contributed by atoms with van der Waals surface area (Å²) in [4.78, 5) is 7.31. The maximum absolute atomic E-state index is 5.62. The van der Waals surface area contributed by atoms with Gasteiger partial charge in [0, 0.05) is 38.9 Å². The summed E-state index contributed by atoms with van der Waals surface area (Å²) in [6.45, 7) is 4.74. The van der Waals surface area contributed by atoms with Crippen LogP contribution in [0.15, 0.2) is 48.5 Å². The number of hydrogen-bond donors (Lipinski definition) is 0. The Morgan fingerprint density at radius 2 is 1.85 bits per heavy atom. The molecule has 5 nitrogen and oxygen atoms in total. The molecule has 0 spiro atoms. The van der Waals surface area contributed by atoms with E-state index in [0.717, 1.165) is 69.4 Å². The van der Waals surface area contributed by atoms with E-state index in [-0.39, 0.29) is 0 Å². The molecule has 2 aromatic carbocycles. The molecule has 2 aliphatic rings. The van der Waals surface area contributed by atoms with Crippen molar-refractivity contribution in [2.45, 2.75) is 32.4 Å². The van der Waals surface area contributed by atoms with Crippen molar-refractivity contribution in [2.75, 3.05) is 19.7 Å². The summed E-state index contributed by atoms with van der Waals surface area (Å²) in [5.74, 6) is 3.11. The fourth-order valence-corrected chi connectivity index (χ4v) is 4.00. The highest BCUT2D eigenvalue weighted by atomic mass is 16.5. The Hall–Kier alpha value is -2.66. The van der Waals surface area contributed by atoms with Crippen LogP contribution < -0.4 is 4.74 Å². The molecular formula is C22H24N4O. The fourth-order valence-electron chi connectivity index (χ4n) is 4.00. The van der Waals surface area contributed by atoms with Crippen LogP contribution in [0.3, 0.4) is 0 Å². The Morgan fingerprint density at radius 1 is 0.926 bits per heavy atom. The normalized spacial score (nSPS) is 16.4. The third-order valence-corrected chi connectivity index (χ3v) is 5.44. The number of aromatic nitrogens is 3. The van der Waals surface area contributed by atoms with Gasteiger partial charge in [0.1, 0.15) is 11.6 Å². The van der Waals surface area contributed by atoms with Crippen molar-refractivity contribution < 1.29 is 4.74 Å². The third-order valence-electron chi connectivity index (χ3n) is 5.44. The first-order valence-electron chi connectivity index (χ1n) is 9.77. The summed E-state index contributed by atoms with van der Waals surface area (Å²) in [5.41, 5.74) is 3.99. The van der Waals surface area contributed by atoms with Crippen LogP contribution in [0.5, 0.6) is 5.75 Å². The van der Waals surface area contributed by atoms with Crippen molar-refractivity contribution in [2.24, 2.45) is 0 Å². The second-order valence-corrected chi connectivity index (χ2v) is 7.40. The molecule has 5 heteroatoms. The van der Waals surface area contributed by atoms with Gasteiger partial charge in [0.2, 0.25) is 0 Å². The smallest absolute Gasteiger partial charge is 0.155 e. The molecule has 0 amide bonds. The van der Waals surface area contributed by atoms with Crippen LogP contribution in [0, 0.1) is 0 Å². The molecule has 138 valence electrons. The van der Waals surface area contributed by atoms with Gasteiger partial charge in [-0.25, -0.2) is 9.67 Å². The minimum absolute atomic E-state index is 0.807. The van der Waals surface area contributed by atoms with Crippen molar-refractivity contribution in [3.63, 3.8) is 0 Å². The van der Waals surface area contributed by atoms with Crippen LogP contribution >= 0.6 is 0 Å². The first kappa shape index (κ1) is 16.5. The van der Waals surface area contributed by atoms with Gasteiger partial charge in [-0.15, -0.1) is 0 Å². The molecule has 3 heterocycles. The lowest BCUT2D eigenvalue weighted by atomic mass is 10.1. The molecule has 0 fully saturated rings. The van der Waals surface area contributed by atoms with Gasteiger partial charge in [0.15, 0.2) is 5.82 Å². The van der Waals surface area contributed by atoms with Gasteiger partial charge in [0.25, 0.3) is 0 Å². The van der Waals surface area contributed by atoms with E-state index in [1.165, 1.54) is 16.7 Å². The van der Waals surface area contributed by atoms with E-state index in [1.807, 2.05) is 6.07 Å². The van der Waals surface area contributed by atoms with Crippen LogP contribution in [0.4, 0.5) is 0 Å². The molecule has 5 rings (SSSR count). The quantitative estimate of drug-likeness (QED) is 0.718. The van der Waals surface area contributed by atoms with Gasteiger partial charge >= 0.3 is 0 Å². The molecule has 0 saturated carbocycles. The molecule has 0 saturated heterocycles. The van der Waals surface area contributed by atoms with Crippen molar-refractivity contribution in [3.05, 3.63) is 76.9 Å². The number of hydrogen-bond acceptors (Lipinski definition) is 4. The van der Waals surface area contributed by atoms with E-state index in [2.05, 4.69) is 52.0 Å². The monoisotopic (exact) mass is 360 g/mol. The first-order chi connectivity index (χ1) is 13.3. The highest BCUT2D eigenvalue weighted by Crippen LogP contribution is 2.26. The molecule has 3 aromatic rings. The Balaban J connectivity index is 1.23. The lowest BCUT2D eigenvalue weighted by Gasteiger charge is -2.19. The highest BCUT2D eigenvalue weighted by molar-refractivity contribution is 5.39. The molecule has 0 radical (unpaired) electrons. The van der Waals surface area contributed by atoms with E-state index in [4.69, 9.17) is 14.8 Å². The Labute approximate surface area is 159 Å². The Morgan fingerprint density at radius 3 is 2.78 bits per heavy atom. The van der Waals surface area contributed by atoms with Crippen LogP contribution in [0.2, 0.25) is 0 Å². The van der Waals surface area contributed by atoms with Crippen molar-refractivity contribution >= 4 is 0 Å². The minimum atomic E-state index is 0.807. The maximum atomic E-state index is 5.62. The molecule has 0 N–H and O–H groups in total. The summed E-state index contributed by atoms with van der Waals surface area (Å²) in [6, 6.07) is 17.1. The largest absolute Gasteiger partial charge is 0.493 e. The summed E-state index contributed by atoms with van der Waals surface area (Å²) in [7, 11) is 0. The number of nitrogens with zero attached hydrogens (tertiary/aromatic N) is 4. The van der Waals surface area contributed by atoms with E-state index in [0.29, 0.717) is 0 Å². The van der Waals surface area contributed by atoms with Gasteiger partial charge in [-0.05, 0) is 22.8 Å². The molecule has 2 aliphatic heterocycles. The molecule has 27 heavy (non-hydrogen) atoms. The van der Waals surface area contributed by atoms with Crippen LogP contribution in [0.1, 0.15) is 28.3 Å². The standard InChI is InChI=1S/C22H24N4O/c1-2-4-17(5-3-1)15-21-23-22-8-10-25(11-12-26(22)24-21)16-18-6-7-20-19(14-18)9-13-27-20/h1-7,14H,8-13,15-16H2. The van der Waals surface area contributed by atoms with Gasteiger partial charge in [-0.3, -0.25) is 4.90 Å². The van der Waals surface area contributed by atoms with Crippen LogP contribution in [-0.2, 0) is 32.4 Å². The summed E-state index contributed by atoms with van der Waals surface area (Å²) in [5, 5.41) is 4.76. The molecule has 0 bridgehead atoms. The predicted molar refractivity (Wildman–Crippen MR) is 104 cm³/mol. The van der Waals surface area contributed by atoms with Gasteiger partial charge in [0.05, 0.1) is 13.2 Å². The minimum Gasteiger partial charge on any atom is -0.493 e. The SMILES string of the molecule is c1ccc(Cc2nc3n(n2)CCN(Cc2ccc4c(c2)CCO4)CC3)cc1. The molecule has 0 unspecified atom stereocenters. The van der Waals surface area contributed by atoms with E-state index in [9.17, 15) is 0 Å². The Bertz CT molecular complexity index is 909. The molecule has 0 atom stereocenters. The van der Waals surface area contributed by atoms with E-state index in [1.54, 1.807) is 0 Å². The zero-order valence-corrected chi connectivity index (χ0v) is 15.5. The van der Waals surface area contributed by atoms with Crippen LogP contribution in [0.25, 0.3) is 0 Å². The zero-order chi connectivity index (χ0) is 18.1. The summed E-state index contributed by atoms with van der Waals surface area (Å²) in [6.07, 6.45) is 2.80. The Kier molecular flexibility index (Phi) is 4.38. The van der Waals surface area contributed by atoms with Crippen molar-refractivity contribution in [1.82, 2.24) is 19.7 Å². The average molecular weight is 360 g/mol. The lowest BCUT2D eigenvalue weighted by molar-refractivity contribution is 0.268. The average Bonchev–Trinajstić information content (AvgIpc) is 3.26. The number of rotatable bonds is 4. The third kappa shape index (κ3) is 3.60. The van der Waals surface area contributed by atoms with Crippen molar-refractivity contribution in [3.8, 4) is 5.75 Å². The lowest BCUT2D eigenvalue weighted by Crippen LogP contribution is -2.26.